The second kappa shape index (κ2) is 4.94. The Morgan fingerprint density at radius 1 is 1.42 bits per heavy atom. The first-order valence-electron chi connectivity index (χ1n) is 5.61. The van der Waals surface area contributed by atoms with Crippen molar-refractivity contribution in [3.8, 4) is 6.07 Å². The molecule has 0 fully saturated rings. The standard InChI is InChI=1S/C14H11FN2O2/c1-8-10(7-16)6-12(14(18)19)17-13(8)9-2-4-11(15)5-3-9/h2-6,12,17H,1H3,(H,18,19). The molecule has 4 nitrogen and oxygen atoms in total. The van der Waals surface area contributed by atoms with E-state index in [9.17, 15) is 9.18 Å². The molecule has 0 aromatic heterocycles. The maximum atomic E-state index is 12.9. The van der Waals surface area contributed by atoms with E-state index in [4.69, 9.17) is 10.4 Å². The van der Waals surface area contributed by atoms with Crippen LogP contribution in [0.5, 0.6) is 0 Å². The van der Waals surface area contributed by atoms with Gasteiger partial charge in [-0.1, -0.05) is 0 Å². The van der Waals surface area contributed by atoms with Gasteiger partial charge < -0.3 is 10.4 Å². The number of nitrogens with zero attached hydrogens (tertiary/aromatic N) is 1. The summed E-state index contributed by atoms with van der Waals surface area (Å²) >= 11 is 0. The molecule has 0 saturated heterocycles. The zero-order valence-electron chi connectivity index (χ0n) is 10.1. The van der Waals surface area contributed by atoms with Gasteiger partial charge in [-0.3, -0.25) is 0 Å². The van der Waals surface area contributed by atoms with Crippen molar-refractivity contribution in [3.63, 3.8) is 0 Å². The molecular weight excluding hydrogens is 247 g/mol. The van der Waals surface area contributed by atoms with Gasteiger partial charge in [0.05, 0.1) is 11.6 Å². The molecule has 1 unspecified atom stereocenters. The maximum Gasteiger partial charge on any atom is 0.330 e. The number of hydrogen-bond donors (Lipinski definition) is 2. The third-order valence-corrected chi connectivity index (χ3v) is 2.93. The lowest BCUT2D eigenvalue weighted by Crippen LogP contribution is -2.36. The number of benzene rings is 1. The summed E-state index contributed by atoms with van der Waals surface area (Å²) in [5.74, 6) is -1.44. The predicted molar refractivity (Wildman–Crippen MR) is 67.2 cm³/mol. The summed E-state index contributed by atoms with van der Waals surface area (Å²) in [4.78, 5) is 11.1. The molecule has 1 aromatic rings. The second-order valence-electron chi connectivity index (χ2n) is 4.16. The summed E-state index contributed by atoms with van der Waals surface area (Å²) < 4.78 is 12.9. The van der Waals surface area contributed by atoms with Crippen LogP contribution in [0.4, 0.5) is 4.39 Å². The Hall–Kier alpha value is -2.61. The van der Waals surface area contributed by atoms with Crippen LogP contribution in [0.2, 0.25) is 0 Å². The lowest BCUT2D eigenvalue weighted by molar-refractivity contribution is -0.137. The summed E-state index contributed by atoms with van der Waals surface area (Å²) in [6, 6.07) is 6.68. The number of carbonyl (C=O) groups is 1. The zero-order chi connectivity index (χ0) is 14.0. The van der Waals surface area contributed by atoms with Crippen LogP contribution < -0.4 is 5.32 Å². The van der Waals surface area contributed by atoms with E-state index in [1.54, 1.807) is 19.1 Å². The lowest BCUT2D eigenvalue weighted by Gasteiger charge is -2.23. The van der Waals surface area contributed by atoms with Crippen LogP contribution in [0.15, 0.2) is 41.5 Å². The maximum absolute atomic E-state index is 12.9. The van der Waals surface area contributed by atoms with Crippen molar-refractivity contribution in [2.24, 2.45) is 0 Å². The van der Waals surface area contributed by atoms with Crippen LogP contribution >= 0.6 is 0 Å². The number of nitrogens with one attached hydrogen (secondary N) is 1. The van der Waals surface area contributed by atoms with Crippen LogP contribution in [-0.2, 0) is 4.79 Å². The molecule has 1 aliphatic heterocycles. The number of nitriles is 1. The highest BCUT2D eigenvalue weighted by Crippen LogP contribution is 2.26. The molecule has 1 aliphatic rings. The molecule has 1 atom stereocenters. The number of rotatable bonds is 2. The van der Waals surface area contributed by atoms with Crippen LogP contribution in [0.25, 0.3) is 5.70 Å². The molecule has 1 heterocycles. The summed E-state index contributed by atoms with van der Waals surface area (Å²) in [5, 5.41) is 20.9. The van der Waals surface area contributed by atoms with Crippen molar-refractivity contribution in [3.05, 3.63) is 52.9 Å². The number of aliphatic carboxylic acids is 1. The van der Waals surface area contributed by atoms with Gasteiger partial charge in [0.2, 0.25) is 0 Å². The van der Waals surface area contributed by atoms with E-state index >= 15 is 0 Å². The van der Waals surface area contributed by atoms with E-state index in [2.05, 4.69) is 5.32 Å². The molecule has 0 saturated carbocycles. The van der Waals surface area contributed by atoms with Crippen LogP contribution in [0, 0.1) is 17.1 Å². The van der Waals surface area contributed by atoms with Gasteiger partial charge in [0.15, 0.2) is 0 Å². The minimum atomic E-state index is -1.07. The molecule has 0 bridgehead atoms. The smallest absolute Gasteiger partial charge is 0.330 e. The Balaban J connectivity index is 2.48. The molecule has 0 aliphatic carbocycles. The first kappa shape index (κ1) is 12.8. The van der Waals surface area contributed by atoms with E-state index in [1.165, 1.54) is 18.2 Å². The van der Waals surface area contributed by atoms with E-state index in [-0.39, 0.29) is 5.82 Å². The lowest BCUT2D eigenvalue weighted by atomic mass is 9.95. The van der Waals surface area contributed by atoms with Crippen LogP contribution in [0.3, 0.4) is 0 Å². The average molecular weight is 258 g/mol. The van der Waals surface area contributed by atoms with Crippen molar-refractivity contribution in [2.45, 2.75) is 13.0 Å². The quantitative estimate of drug-likeness (QED) is 0.851. The Morgan fingerprint density at radius 3 is 2.58 bits per heavy atom. The molecule has 0 radical (unpaired) electrons. The van der Waals surface area contributed by atoms with E-state index in [0.717, 1.165) is 0 Å². The molecule has 96 valence electrons. The molecule has 5 heteroatoms. The summed E-state index contributed by atoms with van der Waals surface area (Å²) in [5.41, 5.74) is 2.13. The molecule has 1 aromatic carbocycles. The van der Waals surface area contributed by atoms with E-state index < -0.39 is 12.0 Å². The van der Waals surface area contributed by atoms with Gasteiger partial charge in [0.25, 0.3) is 0 Å². The van der Waals surface area contributed by atoms with E-state index in [1.807, 2.05) is 6.07 Å². The Morgan fingerprint density at radius 2 is 2.05 bits per heavy atom. The van der Waals surface area contributed by atoms with Gasteiger partial charge in [-0.15, -0.1) is 0 Å². The van der Waals surface area contributed by atoms with Gasteiger partial charge in [-0.2, -0.15) is 5.26 Å². The highest BCUT2D eigenvalue weighted by atomic mass is 19.1. The molecule has 2 N–H and O–H groups in total. The monoisotopic (exact) mass is 258 g/mol. The Labute approximate surface area is 109 Å². The zero-order valence-corrected chi connectivity index (χ0v) is 10.1. The number of halogens is 1. The number of carboxylic acid groups (broad SMARTS) is 1. The first-order valence-corrected chi connectivity index (χ1v) is 5.61. The molecule has 2 rings (SSSR count). The van der Waals surface area contributed by atoms with Crippen LogP contribution in [-0.4, -0.2) is 17.1 Å². The number of allylic oxidation sites excluding steroid dienone is 2. The molecular formula is C14H11FN2O2. The SMILES string of the molecule is CC1=C(c2ccc(F)cc2)NC(C(=O)O)C=C1C#N. The highest BCUT2D eigenvalue weighted by molar-refractivity contribution is 5.84. The first-order chi connectivity index (χ1) is 9.02. The normalized spacial score (nSPS) is 18.4. The Bertz CT molecular complexity index is 624. The van der Waals surface area contributed by atoms with Crippen molar-refractivity contribution in [2.75, 3.05) is 0 Å². The predicted octanol–water partition coefficient (Wildman–Crippen LogP) is 2.06. The Kier molecular flexibility index (Phi) is 3.34. The van der Waals surface area contributed by atoms with Gasteiger partial charge in [0, 0.05) is 5.70 Å². The number of hydrogen-bond acceptors (Lipinski definition) is 3. The summed E-state index contributed by atoms with van der Waals surface area (Å²) in [6.45, 7) is 1.72. The van der Waals surface area contributed by atoms with Gasteiger partial charge in [-0.25, -0.2) is 9.18 Å². The molecule has 19 heavy (non-hydrogen) atoms. The van der Waals surface area contributed by atoms with Crippen molar-refractivity contribution in [1.29, 1.82) is 5.26 Å². The third kappa shape index (κ3) is 2.47. The minimum absolute atomic E-state index is 0.311. The fourth-order valence-corrected chi connectivity index (χ4v) is 1.90. The number of carboxylic acids is 1. The minimum Gasteiger partial charge on any atom is -0.479 e. The van der Waals surface area contributed by atoms with Crippen molar-refractivity contribution < 1.29 is 14.3 Å². The van der Waals surface area contributed by atoms with E-state index in [0.29, 0.717) is 22.4 Å². The fraction of sp³-hybridized carbons (Fsp3) is 0.143. The fourth-order valence-electron chi connectivity index (χ4n) is 1.90. The summed E-state index contributed by atoms with van der Waals surface area (Å²) in [6.07, 6.45) is 1.37. The van der Waals surface area contributed by atoms with Crippen molar-refractivity contribution >= 4 is 11.7 Å². The van der Waals surface area contributed by atoms with Crippen LogP contribution in [0.1, 0.15) is 12.5 Å². The highest BCUT2D eigenvalue weighted by Gasteiger charge is 2.24. The molecule has 0 spiro atoms. The average Bonchev–Trinajstić information content (AvgIpc) is 2.40. The van der Waals surface area contributed by atoms with Gasteiger partial charge in [0.1, 0.15) is 11.9 Å². The largest absolute Gasteiger partial charge is 0.479 e. The van der Waals surface area contributed by atoms with Crippen molar-refractivity contribution in [1.82, 2.24) is 5.32 Å². The second-order valence-corrected chi connectivity index (χ2v) is 4.16. The topological polar surface area (TPSA) is 73.1 Å². The third-order valence-electron chi connectivity index (χ3n) is 2.93. The summed E-state index contributed by atoms with van der Waals surface area (Å²) in [7, 11) is 0. The van der Waals surface area contributed by atoms with Gasteiger partial charge >= 0.3 is 5.97 Å². The van der Waals surface area contributed by atoms with Gasteiger partial charge in [-0.05, 0) is 48.4 Å². The number of dihydropyridines is 1. The molecule has 0 amide bonds.